The molecule has 0 saturated carbocycles. The largest absolute Gasteiger partial charge is 0.243 e. The van der Waals surface area contributed by atoms with Gasteiger partial charge in [-0.1, -0.05) is 56.5 Å². The van der Waals surface area contributed by atoms with Crippen LogP contribution in [0.5, 0.6) is 0 Å². The van der Waals surface area contributed by atoms with E-state index in [1.165, 1.54) is 44.1 Å². The first-order valence-electron chi connectivity index (χ1n) is 8.47. The maximum absolute atomic E-state index is 2.33. The molecule has 0 atom stereocenters. The molecule has 1 aromatic carbocycles. The van der Waals surface area contributed by atoms with Crippen molar-refractivity contribution in [2.24, 2.45) is 0 Å². The van der Waals surface area contributed by atoms with Gasteiger partial charge in [-0.25, -0.2) is 9.13 Å². The first kappa shape index (κ1) is 15.8. The monoisotopic (exact) mass is 285 g/mol. The highest BCUT2D eigenvalue weighted by atomic mass is 15.1. The molecule has 0 saturated heterocycles. The number of hydrogen-bond acceptors (Lipinski definition) is 0. The highest BCUT2D eigenvalue weighted by Crippen LogP contribution is 2.04. The molecule has 114 valence electrons. The van der Waals surface area contributed by atoms with Gasteiger partial charge in [0.1, 0.15) is 12.4 Å². The van der Waals surface area contributed by atoms with E-state index in [0.717, 1.165) is 19.5 Å². The van der Waals surface area contributed by atoms with Gasteiger partial charge in [-0.15, -0.1) is 0 Å². The minimum atomic E-state index is 1.11. The smallest absolute Gasteiger partial charge is 0.237 e. The number of benzene rings is 1. The van der Waals surface area contributed by atoms with Gasteiger partial charge in [-0.3, -0.25) is 0 Å². The van der Waals surface area contributed by atoms with E-state index >= 15 is 0 Å². The lowest BCUT2D eigenvalue weighted by molar-refractivity contribution is -0.696. The molecule has 0 N–H and O–H groups in total. The summed E-state index contributed by atoms with van der Waals surface area (Å²) >= 11 is 0. The second-order valence-electron chi connectivity index (χ2n) is 5.89. The van der Waals surface area contributed by atoms with Gasteiger partial charge in [0.15, 0.2) is 0 Å². The minimum absolute atomic E-state index is 1.11. The Morgan fingerprint density at radius 3 is 2.57 bits per heavy atom. The highest BCUT2D eigenvalue weighted by Gasteiger charge is 2.03. The second kappa shape index (κ2) is 9.38. The lowest BCUT2D eigenvalue weighted by atomic mass is 10.1. The summed E-state index contributed by atoms with van der Waals surface area (Å²) in [4.78, 5) is 0. The zero-order valence-electron chi connectivity index (χ0n) is 13.4. The molecule has 2 rings (SSSR count). The van der Waals surface area contributed by atoms with Crippen LogP contribution in [-0.2, 0) is 19.5 Å². The van der Waals surface area contributed by atoms with E-state index in [4.69, 9.17) is 0 Å². The van der Waals surface area contributed by atoms with Crippen LogP contribution in [0.2, 0.25) is 0 Å². The normalized spacial score (nSPS) is 10.9. The summed E-state index contributed by atoms with van der Waals surface area (Å²) < 4.78 is 4.64. The number of aromatic nitrogens is 2. The quantitative estimate of drug-likeness (QED) is 0.452. The zero-order chi connectivity index (χ0) is 14.8. The number of unbranched alkanes of at least 4 members (excludes halogenated alkanes) is 4. The predicted molar refractivity (Wildman–Crippen MR) is 88.1 cm³/mol. The van der Waals surface area contributed by atoms with E-state index in [9.17, 15) is 0 Å². The minimum Gasteiger partial charge on any atom is -0.237 e. The van der Waals surface area contributed by atoms with Crippen LogP contribution in [0.25, 0.3) is 0 Å². The van der Waals surface area contributed by atoms with Crippen molar-refractivity contribution in [1.82, 2.24) is 4.57 Å². The van der Waals surface area contributed by atoms with Gasteiger partial charge >= 0.3 is 0 Å². The lowest BCUT2D eigenvalue weighted by Gasteiger charge is -1.99. The topological polar surface area (TPSA) is 8.81 Å². The third-order valence-electron chi connectivity index (χ3n) is 3.99. The van der Waals surface area contributed by atoms with Crippen LogP contribution in [0.3, 0.4) is 0 Å². The molecule has 21 heavy (non-hydrogen) atoms. The molecule has 2 heteroatoms. The Kier molecular flexibility index (Phi) is 7.06. The summed E-state index contributed by atoms with van der Waals surface area (Å²) in [7, 11) is 0. The van der Waals surface area contributed by atoms with Gasteiger partial charge in [0, 0.05) is 0 Å². The molecule has 0 fully saturated rings. The standard InChI is InChI=1S/C19H29N2/c1-2-3-4-5-9-14-20-16-17-21(18-20)15-10-13-19-11-7-6-8-12-19/h6-8,11-12,16-18H,2-5,9-10,13-15H2,1H3/q+1. The number of hydrogen-bond donors (Lipinski definition) is 0. The fraction of sp³-hybridized carbons (Fsp3) is 0.526. The van der Waals surface area contributed by atoms with E-state index in [2.05, 4.69) is 65.1 Å². The Bertz CT molecular complexity index is 487. The summed E-state index contributed by atoms with van der Waals surface area (Å²) in [6.45, 7) is 4.54. The summed E-state index contributed by atoms with van der Waals surface area (Å²) in [6, 6.07) is 10.8. The van der Waals surface area contributed by atoms with Crippen molar-refractivity contribution in [3.05, 3.63) is 54.6 Å². The van der Waals surface area contributed by atoms with Crippen LogP contribution in [0, 0.1) is 0 Å². The van der Waals surface area contributed by atoms with Crippen molar-refractivity contribution in [1.29, 1.82) is 0 Å². The lowest BCUT2D eigenvalue weighted by Crippen LogP contribution is -2.31. The Labute approximate surface area is 129 Å². The average Bonchev–Trinajstić information content (AvgIpc) is 2.96. The van der Waals surface area contributed by atoms with Gasteiger partial charge in [0.05, 0.1) is 13.1 Å². The first-order valence-corrected chi connectivity index (χ1v) is 8.47. The molecule has 0 unspecified atom stereocenters. The number of nitrogens with zero attached hydrogens (tertiary/aromatic N) is 2. The van der Waals surface area contributed by atoms with E-state index in [0.29, 0.717) is 0 Å². The molecule has 0 aliphatic rings. The number of rotatable bonds is 10. The summed E-state index contributed by atoms with van der Waals surface area (Å²) in [6.07, 6.45) is 15.8. The number of imidazole rings is 1. The highest BCUT2D eigenvalue weighted by molar-refractivity contribution is 5.14. The maximum atomic E-state index is 2.33. The molecule has 0 radical (unpaired) electrons. The molecule has 0 aliphatic carbocycles. The average molecular weight is 285 g/mol. The van der Waals surface area contributed by atoms with Crippen LogP contribution >= 0.6 is 0 Å². The van der Waals surface area contributed by atoms with Gasteiger partial charge in [-0.05, 0) is 31.2 Å². The van der Waals surface area contributed by atoms with Crippen molar-refractivity contribution in [2.75, 3.05) is 0 Å². The third kappa shape index (κ3) is 6.16. The third-order valence-corrected chi connectivity index (χ3v) is 3.99. The van der Waals surface area contributed by atoms with Gasteiger partial charge in [0.2, 0.25) is 6.33 Å². The Hall–Kier alpha value is -1.57. The maximum Gasteiger partial charge on any atom is 0.243 e. The molecule has 1 heterocycles. The Morgan fingerprint density at radius 2 is 1.76 bits per heavy atom. The van der Waals surface area contributed by atoms with Crippen LogP contribution < -0.4 is 4.57 Å². The van der Waals surface area contributed by atoms with Crippen molar-refractivity contribution in [3.8, 4) is 0 Å². The van der Waals surface area contributed by atoms with Crippen LogP contribution in [-0.4, -0.2) is 4.57 Å². The molecule has 0 amide bonds. The Morgan fingerprint density at radius 1 is 0.952 bits per heavy atom. The molecular formula is C19H29N2+. The van der Waals surface area contributed by atoms with Crippen LogP contribution in [0.1, 0.15) is 51.0 Å². The molecule has 2 nitrogen and oxygen atoms in total. The number of aryl methyl sites for hydroxylation is 3. The second-order valence-corrected chi connectivity index (χ2v) is 5.89. The van der Waals surface area contributed by atoms with E-state index < -0.39 is 0 Å². The molecule has 1 aromatic heterocycles. The summed E-state index contributed by atoms with van der Waals surface area (Å²) in [5, 5.41) is 0. The molecule has 0 bridgehead atoms. The summed E-state index contributed by atoms with van der Waals surface area (Å²) in [5.74, 6) is 0. The first-order chi connectivity index (χ1) is 10.4. The molecule has 2 aromatic rings. The fourth-order valence-electron chi connectivity index (χ4n) is 2.71. The van der Waals surface area contributed by atoms with Crippen molar-refractivity contribution < 1.29 is 4.57 Å². The van der Waals surface area contributed by atoms with Crippen LogP contribution in [0.15, 0.2) is 49.1 Å². The SMILES string of the molecule is CCCCCCCn1cc[n+](CCCc2ccccc2)c1. The van der Waals surface area contributed by atoms with Crippen molar-refractivity contribution in [2.45, 2.75) is 65.0 Å². The van der Waals surface area contributed by atoms with Crippen LogP contribution in [0.4, 0.5) is 0 Å². The molecular weight excluding hydrogens is 256 g/mol. The predicted octanol–water partition coefficient (Wildman–Crippen LogP) is 4.38. The zero-order valence-corrected chi connectivity index (χ0v) is 13.4. The summed E-state index contributed by atoms with van der Waals surface area (Å²) in [5.41, 5.74) is 1.44. The molecule has 0 aliphatic heterocycles. The van der Waals surface area contributed by atoms with Crippen molar-refractivity contribution in [3.63, 3.8) is 0 Å². The van der Waals surface area contributed by atoms with E-state index in [1.807, 2.05) is 0 Å². The molecule has 0 spiro atoms. The van der Waals surface area contributed by atoms with Crippen molar-refractivity contribution >= 4 is 0 Å². The van der Waals surface area contributed by atoms with Gasteiger partial charge in [-0.2, -0.15) is 0 Å². The van der Waals surface area contributed by atoms with Gasteiger partial charge < -0.3 is 0 Å². The Balaban J connectivity index is 1.63. The van der Waals surface area contributed by atoms with Gasteiger partial charge in [0.25, 0.3) is 0 Å². The van der Waals surface area contributed by atoms with E-state index in [1.54, 1.807) is 0 Å². The fourth-order valence-corrected chi connectivity index (χ4v) is 2.71. The van der Waals surface area contributed by atoms with E-state index in [-0.39, 0.29) is 0 Å².